The molecule has 1 heterocycles. The van der Waals surface area contributed by atoms with Gasteiger partial charge in [-0.05, 0) is 13.0 Å². The van der Waals surface area contributed by atoms with Crippen LogP contribution in [0.1, 0.15) is 19.3 Å². The summed E-state index contributed by atoms with van der Waals surface area (Å²) in [6.45, 7) is 1.65. The molecule has 0 radical (unpaired) electrons. The number of hydrogen-bond donors (Lipinski definition) is 2. The summed E-state index contributed by atoms with van der Waals surface area (Å²) in [4.78, 5) is 11.4. The van der Waals surface area contributed by atoms with Crippen molar-refractivity contribution in [2.75, 3.05) is 13.1 Å². The number of alkyl halides is 2. The first-order valence-corrected chi connectivity index (χ1v) is 4.96. The Labute approximate surface area is 81.2 Å². The standard InChI is InChI=1S/C9H14F2N2O/c10-9(11)3-6(4-9)8(14)13-7-1-2-12-5-7/h6-7,12H,1-5H2,(H,13,14)/t7-/m1/s1. The molecule has 2 rings (SSSR count). The van der Waals surface area contributed by atoms with E-state index in [1.165, 1.54) is 0 Å². The molecule has 0 spiro atoms. The molecule has 0 aromatic heterocycles. The Bertz CT molecular complexity index is 231. The van der Waals surface area contributed by atoms with Gasteiger partial charge < -0.3 is 10.6 Å². The monoisotopic (exact) mass is 204 g/mol. The molecule has 1 aliphatic heterocycles. The molecule has 1 saturated heterocycles. The molecule has 0 aromatic carbocycles. The maximum atomic E-state index is 12.5. The van der Waals surface area contributed by atoms with Crippen LogP contribution in [0.2, 0.25) is 0 Å². The highest BCUT2D eigenvalue weighted by Gasteiger charge is 2.48. The fraction of sp³-hybridized carbons (Fsp3) is 0.889. The fourth-order valence-corrected chi connectivity index (χ4v) is 1.94. The van der Waals surface area contributed by atoms with Gasteiger partial charge in [-0.1, -0.05) is 0 Å². The molecule has 1 saturated carbocycles. The normalized spacial score (nSPS) is 31.1. The summed E-state index contributed by atoms with van der Waals surface area (Å²) >= 11 is 0. The van der Waals surface area contributed by atoms with Gasteiger partial charge in [0.25, 0.3) is 0 Å². The average molecular weight is 204 g/mol. The molecule has 1 amide bonds. The first-order valence-electron chi connectivity index (χ1n) is 4.96. The minimum absolute atomic E-state index is 0.136. The van der Waals surface area contributed by atoms with Crippen LogP contribution in [0.3, 0.4) is 0 Å². The minimum Gasteiger partial charge on any atom is -0.352 e. The predicted molar refractivity (Wildman–Crippen MR) is 47.1 cm³/mol. The Kier molecular flexibility index (Phi) is 2.43. The van der Waals surface area contributed by atoms with Crippen molar-refractivity contribution in [2.45, 2.75) is 31.2 Å². The van der Waals surface area contributed by atoms with Crippen LogP contribution in [-0.4, -0.2) is 31.0 Å². The van der Waals surface area contributed by atoms with Crippen molar-refractivity contribution in [3.05, 3.63) is 0 Å². The topological polar surface area (TPSA) is 41.1 Å². The van der Waals surface area contributed by atoms with Crippen LogP contribution in [0, 0.1) is 5.92 Å². The highest BCUT2D eigenvalue weighted by molar-refractivity contribution is 5.80. The van der Waals surface area contributed by atoms with Crippen LogP contribution in [0.5, 0.6) is 0 Å². The highest BCUT2D eigenvalue weighted by Crippen LogP contribution is 2.42. The van der Waals surface area contributed by atoms with Gasteiger partial charge in [0.2, 0.25) is 11.8 Å². The molecule has 2 fully saturated rings. The SMILES string of the molecule is O=C(N[C@@H]1CCNC1)C1CC(F)(F)C1. The van der Waals surface area contributed by atoms with Gasteiger partial charge in [0.1, 0.15) is 0 Å². The van der Waals surface area contributed by atoms with E-state index in [0.29, 0.717) is 0 Å². The van der Waals surface area contributed by atoms with Crippen LogP contribution in [0.25, 0.3) is 0 Å². The van der Waals surface area contributed by atoms with Gasteiger partial charge in [0.05, 0.1) is 0 Å². The second-order valence-electron chi connectivity index (χ2n) is 4.16. The van der Waals surface area contributed by atoms with Crippen molar-refractivity contribution < 1.29 is 13.6 Å². The highest BCUT2D eigenvalue weighted by atomic mass is 19.3. The molecule has 1 aliphatic carbocycles. The minimum atomic E-state index is -2.60. The first-order chi connectivity index (χ1) is 6.57. The van der Waals surface area contributed by atoms with Gasteiger partial charge in [-0.2, -0.15) is 0 Å². The Hall–Kier alpha value is -0.710. The summed E-state index contributed by atoms with van der Waals surface area (Å²) in [5.41, 5.74) is 0. The lowest BCUT2D eigenvalue weighted by atomic mass is 9.80. The van der Waals surface area contributed by atoms with E-state index in [0.717, 1.165) is 19.5 Å². The Balaban J connectivity index is 1.74. The largest absolute Gasteiger partial charge is 0.352 e. The first kappa shape index (κ1) is 9.83. The fourth-order valence-electron chi connectivity index (χ4n) is 1.94. The molecule has 80 valence electrons. The lowest BCUT2D eigenvalue weighted by Crippen LogP contribution is -2.48. The number of nitrogens with one attached hydrogen (secondary N) is 2. The van der Waals surface area contributed by atoms with Crippen molar-refractivity contribution >= 4 is 5.91 Å². The summed E-state index contributed by atoms with van der Waals surface area (Å²) in [7, 11) is 0. The molecule has 0 unspecified atom stereocenters. The van der Waals surface area contributed by atoms with Gasteiger partial charge in [-0.3, -0.25) is 4.79 Å². The third kappa shape index (κ3) is 2.03. The molecule has 5 heteroatoms. The lowest BCUT2D eigenvalue weighted by Gasteiger charge is -2.34. The van der Waals surface area contributed by atoms with E-state index < -0.39 is 11.8 Å². The summed E-state index contributed by atoms with van der Waals surface area (Å²) in [5.74, 6) is -3.27. The molecule has 0 bridgehead atoms. The van der Waals surface area contributed by atoms with Gasteiger partial charge in [-0.15, -0.1) is 0 Å². The van der Waals surface area contributed by atoms with Crippen molar-refractivity contribution in [3.8, 4) is 0 Å². The number of amides is 1. The van der Waals surface area contributed by atoms with Crippen LogP contribution < -0.4 is 10.6 Å². The zero-order chi connectivity index (χ0) is 10.2. The third-order valence-corrected chi connectivity index (χ3v) is 2.87. The summed E-state index contributed by atoms with van der Waals surface area (Å²) < 4.78 is 24.9. The number of rotatable bonds is 2. The predicted octanol–water partition coefficient (Wildman–Crippen LogP) is 0.510. The number of carbonyl (C=O) groups excluding carboxylic acids is 1. The Morgan fingerprint density at radius 3 is 2.64 bits per heavy atom. The summed E-state index contributed by atoms with van der Waals surface area (Å²) in [5, 5.41) is 5.89. The molecular weight excluding hydrogens is 190 g/mol. The van der Waals surface area contributed by atoms with E-state index in [1.54, 1.807) is 0 Å². The van der Waals surface area contributed by atoms with Gasteiger partial charge in [0.15, 0.2) is 0 Å². The molecule has 1 atom stereocenters. The average Bonchev–Trinajstić information content (AvgIpc) is 2.52. The van der Waals surface area contributed by atoms with E-state index in [4.69, 9.17) is 0 Å². The van der Waals surface area contributed by atoms with E-state index >= 15 is 0 Å². The number of carbonyl (C=O) groups is 1. The van der Waals surface area contributed by atoms with E-state index in [2.05, 4.69) is 10.6 Å². The zero-order valence-electron chi connectivity index (χ0n) is 7.85. The Morgan fingerprint density at radius 1 is 1.43 bits per heavy atom. The quantitative estimate of drug-likeness (QED) is 0.688. The van der Waals surface area contributed by atoms with Gasteiger partial charge in [-0.25, -0.2) is 8.78 Å². The molecule has 3 nitrogen and oxygen atoms in total. The number of halogens is 2. The van der Waals surface area contributed by atoms with E-state index in [9.17, 15) is 13.6 Å². The molecular formula is C9H14F2N2O. The molecule has 2 aliphatic rings. The van der Waals surface area contributed by atoms with E-state index in [-0.39, 0.29) is 24.8 Å². The summed E-state index contributed by atoms with van der Waals surface area (Å²) in [6, 6.07) is 0.136. The maximum Gasteiger partial charge on any atom is 0.249 e. The maximum absolute atomic E-state index is 12.5. The summed E-state index contributed by atoms with van der Waals surface area (Å²) in [6.07, 6.45) is 0.340. The van der Waals surface area contributed by atoms with Crippen molar-refractivity contribution in [1.82, 2.24) is 10.6 Å². The number of hydrogen-bond acceptors (Lipinski definition) is 2. The van der Waals surface area contributed by atoms with Crippen LogP contribution >= 0.6 is 0 Å². The van der Waals surface area contributed by atoms with Crippen LogP contribution in [0.4, 0.5) is 8.78 Å². The van der Waals surface area contributed by atoms with Gasteiger partial charge in [0, 0.05) is 31.3 Å². The molecule has 0 aromatic rings. The van der Waals surface area contributed by atoms with E-state index in [1.807, 2.05) is 0 Å². The van der Waals surface area contributed by atoms with Crippen molar-refractivity contribution in [3.63, 3.8) is 0 Å². The van der Waals surface area contributed by atoms with Crippen molar-refractivity contribution in [2.24, 2.45) is 5.92 Å². The lowest BCUT2D eigenvalue weighted by molar-refractivity contribution is -0.150. The second-order valence-corrected chi connectivity index (χ2v) is 4.16. The molecule has 2 N–H and O–H groups in total. The second kappa shape index (κ2) is 3.46. The molecule has 14 heavy (non-hydrogen) atoms. The zero-order valence-corrected chi connectivity index (χ0v) is 7.85. The van der Waals surface area contributed by atoms with Crippen LogP contribution in [-0.2, 0) is 4.79 Å². The Morgan fingerprint density at radius 2 is 2.14 bits per heavy atom. The van der Waals surface area contributed by atoms with Crippen molar-refractivity contribution in [1.29, 1.82) is 0 Å². The van der Waals surface area contributed by atoms with Crippen LogP contribution in [0.15, 0.2) is 0 Å². The third-order valence-electron chi connectivity index (χ3n) is 2.87. The smallest absolute Gasteiger partial charge is 0.249 e. The van der Waals surface area contributed by atoms with Gasteiger partial charge >= 0.3 is 0 Å².